The zero-order valence-corrected chi connectivity index (χ0v) is 16.7. The number of thiazole rings is 1. The molecule has 0 spiro atoms. The third kappa shape index (κ3) is 3.99. The normalized spacial score (nSPS) is 12.9. The minimum Gasteiger partial charge on any atom is -0.494 e. The lowest BCUT2D eigenvalue weighted by Crippen LogP contribution is -2.12. The van der Waals surface area contributed by atoms with Crippen molar-refractivity contribution in [1.82, 2.24) is 4.98 Å². The van der Waals surface area contributed by atoms with Crippen LogP contribution in [0.25, 0.3) is 10.2 Å². The van der Waals surface area contributed by atoms with Crippen LogP contribution in [0.1, 0.15) is 38.7 Å². The molecule has 0 bridgehead atoms. The fraction of sp³-hybridized carbons (Fsp3) is 0.316. The van der Waals surface area contributed by atoms with Gasteiger partial charge in [0.05, 0.1) is 21.7 Å². The monoisotopic (exact) mass is 390 g/mol. The van der Waals surface area contributed by atoms with Crippen molar-refractivity contribution in [3.8, 4) is 5.75 Å². The highest BCUT2D eigenvalue weighted by atomic mass is 32.2. The molecule has 0 radical (unpaired) electrons. The van der Waals surface area contributed by atoms with Gasteiger partial charge in [-0.15, -0.1) is 0 Å². The van der Waals surface area contributed by atoms with Crippen molar-refractivity contribution in [2.45, 2.75) is 38.0 Å². The van der Waals surface area contributed by atoms with Crippen molar-refractivity contribution in [2.75, 3.05) is 11.3 Å². The van der Waals surface area contributed by atoms with Gasteiger partial charge in [-0.3, -0.25) is 4.72 Å². The van der Waals surface area contributed by atoms with E-state index in [1.54, 1.807) is 12.1 Å². The van der Waals surface area contributed by atoms with Crippen LogP contribution in [0.5, 0.6) is 5.75 Å². The SMILES string of the molecule is CCOc1ccc2nc(NS(=O)(=O)c3ccc(C(C)CC)cc3)sc2c1. The molecule has 1 heterocycles. The maximum Gasteiger partial charge on any atom is 0.263 e. The van der Waals surface area contributed by atoms with Crippen LogP contribution in [0.15, 0.2) is 47.4 Å². The Balaban J connectivity index is 1.83. The van der Waals surface area contributed by atoms with E-state index in [1.807, 2.05) is 37.3 Å². The molecule has 0 aliphatic heterocycles. The second kappa shape index (κ2) is 7.63. The van der Waals surface area contributed by atoms with E-state index in [1.165, 1.54) is 11.3 Å². The van der Waals surface area contributed by atoms with Gasteiger partial charge < -0.3 is 4.74 Å². The molecule has 138 valence electrons. The van der Waals surface area contributed by atoms with Gasteiger partial charge in [0, 0.05) is 0 Å². The number of benzene rings is 2. The van der Waals surface area contributed by atoms with Gasteiger partial charge in [-0.1, -0.05) is 37.3 Å². The molecule has 5 nitrogen and oxygen atoms in total. The summed E-state index contributed by atoms with van der Waals surface area (Å²) >= 11 is 1.29. The van der Waals surface area contributed by atoms with Crippen LogP contribution in [0, 0.1) is 0 Å². The molecule has 1 aromatic heterocycles. The number of ether oxygens (including phenoxy) is 1. The van der Waals surface area contributed by atoms with Crippen LogP contribution in [0.2, 0.25) is 0 Å². The van der Waals surface area contributed by atoms with E-state index in [-0.39, 0.29) is 4.90 Å². The van der Waals surface area contributed by atoms with Crippen molar-refractivity contribution < 1.29 is 13.2 Å². The summed E-state index contributed by atoms with van der Waals surface area (Å²) in [5.41, 5.74) is 1.87. The first-order chi connectivity index (χ1) is 12.4. The van der Waals surface area contributed by atoms with E-state index in [0.717, 1.165) is 28.0 Å². The second-order valence-electron chi connectivity index (χ2n) is 6.07. The van der Waals surface area contributed by atoms with E-state index in [9.17, 15) is 8.42 Å². The van der Waals surface area contributed by atoms with E-state index in [2.05, 4.69) is 23.6 Å². The number of sulfonamides is 1. The average Bonchev–Trinajstić information content (AvgIpc) is 3.02. The van der Waals surface area contributed by atoms with Gasteiger partial charge in [0.2, 0.25) is 0 Å². The van der Waals surface area contributed by atoms with Crippen molar-refractivity contribution in [2.24, 2.45) is 0 Å². The number of nitrogens with zero attached hydrogens (tertiary/aromatic N) is 1. The van der Waals surface area contributed by atoms with Gasteiger partial charge in [0.25, 0.3) is 10.0 Å². The van der Waals surface area contributed by atoms with Gasteiger partial charge in [-0.2, -0.15) is 0 Å². The maximum absolute atomic E-state index is 12.6. The lowest BCUT2D eigenvalue weighted by Gasteiger charge is -2.10. The Morgan fingerprint density at radius 3 is 2.54 bits per heavy atom. The highest BCUT2D eigenvalue weighted by molar-refractivity contribution is 7.93. The average molecular weight is 391 g/mol. The van der Waals surface area contributed by atoms with Crippen LogP contribution in [0.3, 0.4) is 0 Å². The molecule has 0 aliphatic rings. The topological polar surface area (TPSA) is 68.3 Å². The summed E-state index contributed by atoms with van der Waals surface area (Å²) in [5.74, 6) is 1.15. The maximum atomic E-state index is 12.6. The molecule has 0 saturated carbocycles. The van der Waals surface area contributed by atoms with Crippen molar-refractivity contribution in [3.63, 3.8) is 0 Å². The Morgan fingerprint density at radius 1 is 1.15 bits per heavy atom. The first kappa shape index (κ1) is 18.7. The quantitative estimate of drug-likeness (QED) is 0.616. The first-order valence-electron chi connectivity index (χ1n) is 8.59. The summed E-state index contributed by atoms with van der Waals surface area (Å²) in [7, 11) is -3.66. The van der Waals surface area contributed by atoms with Crippen LogP contribution >= 0.6 is 11.3 Å². The smallest absolute Gasteiger partial charge is 0.263 e. The highest BCUT2D eigenvalue weighted by Crippen LogP contribution is 2.31. The summed E-state index contributed by atoms with van der Waals surface area (Å²) < 4.78 is 34.2. The zero-order valence-electron chi connectivity index (χ0n) is 15.0. The number of nitrogens with one attached hydrogen (secondary N) is 1. The molecule has 26 heavy (non-hydrogen) atoms. The molecule has 1 atom stereocenters. The predicted molar refractivity (Wildman–Crippen MR) is 107 cm³/mol. The molecular weight excluding hydrogens is 368 g/mol. The van der Waals surface area contributed by atoms with Crippen LogP contribution in [-0.4, -0.2) is 20.0 Å². The molecule has 3 aromatic rings. The molecule has 3 rings (SSSR count). The van der Waals surface area contributed by atoms with Crippen LogP contribution < -0.4 is 9.46 Å². The molecule has 2 aromatic carbocycles. The minimum atomic E-state index is -3.66. The van der Waals surface area contributed by atoms with Crippen LogP contribution in [0.4, 0.5) is 5.13 Å². The Morgan fingerprint density at radius 2 is 1.88 bits per heavy atom. The molecule has 1 unspecified atom stereocenters. The summed E-state index contributed by atoms with van der Waals surface area (Å²) in [5, 5.41) is 0.347. The zero-order chi connectivity index (χ0) is 18.7. The second-order valence-corrected chi connectivity index (χ2v) is 8.78. The standard InChI is InChI=1S/C19H22N2O3S2/c1-4-13(3)14-6-9-16(10-7-14)26(22,23)21-19-20-17-11-8-15(24-5-2)12-18(17)25-19/h6-13H,4-5H2,1-3H3,(H,20,21). The van der Waals surface area contributed by atoms with E-state index < -0.39 is 10.0 Å². The third-order valence-corrected chi connectivity index (χ3v) is 6.68. The van der Waals surface area contributed by atoms with Crippen molar-refractivity contribution >= 4 is 36.7 Å². The minimum absolute atomic E-state index is 0.235. The number of rotatable bonds is 7. The molecule has 0 fully saturated rings. The number of aromatic nitrogens is 1. The third-order valence-electron chi connectivity index (χ3n) is 4.26. The van der Waals surface area contributed by atoms with Gasteiger partial charge in [0.1, 0.15) is 5.75 Å². The number of anilines is 1. The first-order valence-corrected chi connectivity index (χ1v) is 10.9. The van der Waals surface area contributed by atoms with E-state index in [0.29, 0.717) is 17.7 Å². The summed E-state index contributed by atoms with van der Waals surface area (Å²) in [6, 6.07) is 12.6. The molecular formula is C19H22N2O3S2. The lowest BCUT2D eigenvalue weighted by atomic mass is 9.99. The Hall–Kier alpha value is -2.12. The Labute approximate surface area is 158 Å². The molecule has 0 saturated heterocycles. The van der Waals surface area contributed by atoms with Gasteiger partial charge in [-0.05, 0) is 55.2 Å². The van der Waals surface area contributed by atoms with Crippen molar-refractivity contribution in [3.05, 3.63) is 48.0 Å². The van der Waals surface area contributed by atoms with Gasteiger partial charge in [-0.25, -0.2) is 13.4 Å². The van der Waals surface area contributed by atoms with E-state index >= 15 is 0 Å². The summed E-state index contributed by atoms with van der Waals surface area (Å²) in [6.45, 7) is 6.74. The van der Waals surface area contributed by atoms with Crippen LogP contribution in [-0.2, 0) is 10.0 Å². The van der Waals surface area contributed by atoms with Gasteiger partial charge >= 0.3 is 0 Å². The van der Waals surface area contributed by atoms with E-state index in [4.69, 9.17) is 4.74 Å². The molecule has 1 N–H and O–H groups in total. The largest absolute Gasteiger partial charge is 0.494 e. The lowest BCUT2D eigenvalue weighted by molar-refractivity contribution is 0.341. The molecule has 0 aliphatic carbocycles. The van der Waals surface area contributed by atoms with Gasteiger partial charge in [0.15, 0.2) is 5.13 Å². The summed E-state index contributed by atoms with van der Waals surface area (Å²) in [6.07, 6.45) is 1.01. The molecule has 7 heteroatoms. The summed E-state index contributed by atoms with van der Waals surface area (Å²) in [4.78, 5) is 4.59. The van der Waals surface area contributed by atoms with Crippen molar-refractivity contribution in [1.29, 1.82) is 0 Å². The number of fused-ring (bicyclic) bond motifs is 1. The fourth-order valence-corrected chi connectivity index (χ4v) is 4.72. The Bertz CT molecular complexity index is 995. The fourth-order valence-electron chi connectivity index (χ4n) is 2.59. The molecule has 0 amide bonds. The number of hydrogen-bond donors (Lipinski definition) is 1. The predicted octanol–water partition coefficient (Wildman–Crippen LogP) is 5.01. The number of hydrogen-bond acceptors (Lipinski definition) is 5. The Kier molecular flexibility index (Phi) is 5.48. The highest BCUT2D eigenvalue weighted by Gasteiger charge is 2.17.